The maximum Gasteiger partial charge on any atom is 0.394 e. The number of aliphatic carboxylic acids is 1. The molecule has 1 amide bonds. The van der Waals surface area contributed by atoms with Crippen LogP contribution in [0.25, 0.3) is 0 Å². The highest BCUT2D eigenvalue weighted by atomic mass is 19.4. The van der Waals surface area contributed by atoms with E-state index in [9.17, 15) is 22.8 Å². The van der Waals surface area contributed by atoms with Gasteiger partial charge < -0.3 is 10.0 Å². The van der Waals surface area contributed by atoms with E-state index in [1.165, 1.54) is 0 Å². The number of carboxylic acid groups (broad SMARTS) is 1. The highest BCUT2D eigenvalue weighted by Gasteiger charge is 2.48. The second-order valence-electron chi connectivity index (χ2n) is 4.68. The molecule has 0 bridgehead atoms. The summed E-state index contributed by atoms with van der Waals surface area (Å²) in [6.07, 6.45) is -5.41. The van der Waals surface area contributed by atoms with Gasteiger partial charge in [0.05, 0.1) is 11.8 Å². The van der Waals surface area contributed by atoms with Crippen molar-refractivity contribution in [3.8, 4) is 0 Å². The Morgan fingerprint density at radius 3 is 2.06 bits per heavy atom. The van der Waals surface area contributed by atoms with Crippen molar-refractivity contribution in [1.29, 1.82) is 0 Å². The van der Waals surface area contributed by atoms with E-state index in [-0.39, 0.29) is 19.5 Å². The van der Waals surface area contributed by atoms with Gasteiger partial charge in [-0.15, -0.1) is 0 Å². The number of carbonyl (C=O) groups is 2. The maximum absolute atomic E-state index is 12.6. The van der Waals surface area contributed by atoms with Gasteiger partial charge in [-0.2, -0.15) is 13.2 Å². The van der Waals surface area contributed by atoms with Crippen LogP contribution in [-0.4, -0.2) is 41.1 Å². The van der Waals surface area contributed by atoms with Gasteiger partial charge in [-0.25, -0.2) is 0 Å². The van der Waals surface area contributed by atoms with Crippen LogP contribution in [0.2, 0.25) is 0 Å². The molecule has 0 radical (unpaired) electrons. The minimum atomic E-state index is -4.46. The number of alkyl halides is 3. The van der Waals surface area contributed by atoms with Crippen molar-refractivity contribution < 1.29 is 27.9 Å². The van der Waals surface area contributed by atoms with Crippen molar-refractivity contribution in [2.24, 2.45) is 5.41 Å². The molecular weight excluding hydrogens is 251 g/mol. The monoisotopic (exact) mass is 269 g/mol. The Labute approximate surface area is 104 Å². The van der Waals surface area contributed by atoms with Gasteiger partial charge in [0.1, 0.15) is 0 Å². The number of carbonyl (C=O) groups excluding carboxylic acids is 1. The molecule has 0 aromatic heterocycles. The Hall–Kier alpha value is -1.27. The van der Waals surface area contributed by atoms with Crippen LogP contribution in [0.15, 0.2) is 0 Å². The van der Waals surface area contributed by atoms with Crippen molar-refractivity contribution in [3.63, 3.8) is 0 Å². The summed E-state index contributed by atoms with van der Waals surface area (Å²) in [7, 11) is 0. The number of hydrogen-bond acceptors (Lipinski definition) is 2. The summed E-state index contributed by atoms with van der Waals surface area (Å²) in [5.41, 5.74) is -2.11. The number of halogens is 3. The van der Waals surface area contributed by atoms with Crippen LogP contribution >= 0.6 is 0 Å². The summed E-state index contributed by atoms with van der Waals surface area (Å²) in [5.74, 6) is -1.77. The van der Waals surface area contributed by atoms with Crippen molar-refractivity contribution in [1.82, 2.24) is 4.90 Å². The Bertz CT molecular complexity index is 313. The lowest BCUT2D eigenvalue weighted by molar-refractivity contribution is -0.215. The van der Waals surface area contributed by atoms with Crippen LogP contribution in [0, 0.1) is 5.41 Å². The molecule has 0 aromatic rings. The first-order valence-electron chi connectivity index (χ1n) is 5.57. The molecule has 1 N–H and O–H groups in total. The Balaban J connectivity index is 4.58. The molecule has 0 heterocycles. The van der Waals surface area contributed by atoms with Gasteiger partial charge in [-0.3, -0.25) is 9.59 Å². The Morgan fingerprint density at radius 1 is 1.22 bits per heavy atom. The SMILES string of the molecule is CCN(CCC(=O)O)C(=O)CC(C)(C)C(F)(F)F. The second-order valence-corrected chi connectivity index (χ2v) is 4.68. The quantitative estimate of drug-likeness (QED) is 0.804. The van der Waals surface area contributed by atoms with Crippen LogP contribution in [0.1, 0.15) is 33.6 Å². The molecule has 0 fully saturated rings. The third-order valence-electron chi connectivity index (χ3n) is 2.69. The second kappa shape index (κ2) is 6.06. The molecule has 0 spiro atoms. The topological polar surface area (TPSA) is 57.6 Å². The van der Waals surface area contributed by atoms with Gasteiger partial charge in [0.25, 0.3) is 0 Å². The highest BCUT2D eigenvalue weighted by molar-refractivity contribution is 5.77. The molecule has 0 atom stereocenters. The van der Waals surface area contributed by atoms with E-state index in [1.54, 1.807) is 6.92 Å². The first-order valence-corrected chi connectivity index (χ1v) is 5.57. The van der Waals surface area contributed by atoms with Crippen molar-refractivity contribution in [2.45, 2.75) is 39.8 Å². The average Bonchev–Trinajstić information content (AvgIpc) is 2.15. The number of rotatable bonds is 6. The Kier molecular flexibility index (Phi) is 5.63. The molecule has 18 heavy (non-hydrogen) atoms. The van der Waals surface area contributed by atoms with E-state index in [0.717, 1.165) is 18.7 Å². The smallest absolute Gasteiger partial charge is 0.394 e. The molecule has 0 saturated carbocycles. The van der Waals surface area contributed by atoms with Crippen molar-refractivity contribution in [2.75, 3.05) is 13.1 Å². The van der Waals surface area contributed by atoms with E-state index < -0.39 is 29.9 Å². The standard InChI is InChI=1S/C11H18F3NO3/c1-4-15(6-5-9(17)18)8(16)7-10(2,3)11(12,13)14/h4-7H2,1-3H3,(H,17,18). The molecular formula is C11H18F3NO3. The highest BCUT2D eigenvalue weighted by Crippen LogP contribution is 2.40. The molecule has 0 aromatic carbocycles. The minimum absolute atomic E-state index is 0.0708. The van der Waals surface area contributed by atoms with Gasteiger partial charge >= 0.3 is 12.1 Å². The van der Waals surface area contributed by atoms with Gasteiger partial charge in [0.2, 0.25) is 5.91 Å². The fraction of sp³-hybridized carbons (Fsp3) is 0.818. The summed E-state index contributed by atoms with van der Waals surface area (Å²) in [5, 5.41) is 8.48. The van der Waals surface area contributed by atoms with E-state index in [0.29, 0.717) is 0 Å². The molecule has 0 rings (SSSR count). The third-order valence-corrected chi connectivity index (χ3v) is 2.69. The van der Waals surface area contributed by atoms with Crippen molar-refractivity contribution in [3.05, 3.63) is 0 Å². The van der Waals surface area contributed by atoms with Gasteiger partial charge in [-0.1, -0.05) is 13.8 Å². The van der Waals surface area contributed by atoms with E-state index in [4.69, 9.17) is 5.11 Å². The molecule has 0 aliphatic rings. The largest absolute Gasteiger partial charge is 0.481 e. The summed E-state index contributed by atoms with van der Waals surface area (Å²) < 4.78 is 37.8. The van der Waals surface area contributed by atoms with Crippen LogP contribution in [0.5, 0.6) is 0 Å². The molecule has 106 valence electrons. The number of nitrogens with zero attached hydrogens (tertiary/aromatic N) is 1. The fourth-order valence-corrected chi connectivity index (χ4v) is 1.28. The first kappa shape index (κ1) is 16.7. The van der Waals surface area contributed by atoms with Gasteiger partial charge in [0, 0.05) is 19.5 Å². The lowest BCUT2D eigenvalue weighted by Gasteiger charge is -2.30. The first-order chi connectivity index (χ1) is 8.01. The van der Waals surface area contributed by atoms with E-state index >= 15 is 0 Å². The molecule has 0 aliphatic heterocycles. The van der Waals surface area contributed by atoms with Crippen LogP contribution in [-0.2, 0) is 9.59 Å². The van der Waals surface area contributed by atoms with E-state index in [1.807, 2.05) is 0 Å². The zero-order chi connectivity index (χ0) is 14.6. The summed E-state index contributed by atoms with van der Waals surface area (Å²) in [6, 6.07) is 0. The summed E-state index contributed by atoms with van der Waals surface area (Å²) in [6.45, 7) is 3.63. The van der Waals surface area contributed by atoms with E-state index in [2.05, 4.69) is 0 Å². The van der Waals surface area contributed by atoms with Gasteiger partial charge in [0.15, 0.2) is 0 Å². The number of hydrogen-bond donors (Lipinski definition) is 1. The lowest BCUT2D eigenvalue weighted by atomic mass is 9.88. The van der Waals surface area contributed by atoms with Gasteiger partial charge in [-0.05, 0) is 6.92 Å². The molecule has 0 saturated heterocycles. The number of amides is 1. The molecule has 4 nitrogen and oxygen atoms in total. The third kappa shape index (κ3) is 4.93. The Morgan fingerprint density at radius 2 is 1.72 bits per heavy atom. The normalized spacial score (nSPS) is 12.3. The molecule has 7 heteroatoms. The van der Waals surface area contributed by atoms with Crippen LogP contribution in [0.3, 0.4) is 0 Å². The predicted octanol–water partition coefficient (Wildman–Crippen LogP) is 2.29. The van der Waals surface area contributed by atoms with Crippen LogP contribution < -0.4 is 0 Å². The summed E-state index contributed by atoms with van der Waals surface area (Å²) in [4.78, 5) is 23.2. The lowest BCUT2D eigenvalue weighted by Crippen LogP contribution is -2.40. The average molecular weight is 269 g/mol. The zero-order valence-corrected chi connectivity index (χ0v) is 10.7. The fourth-order valence-electron chi connectivity index (χ4n) is 1.28. The van der Waals surface area contributed by atoms with Crippen molar-refractivity contribution >= 4 is 11.9 Å². The minimum Gasteiger partial charge on any atom is -0.481 e. The number of carboxylic acids is 1. The molecule has 0 aliphatic carbocycles. The maximum atomic E-state index is 12.6. The molecule has 0 unspecified atom stereocenters. The summed E-state index contributed by atoms with van der Waals surface area (Å²) >= 11 is 0. The van der Waals surface area contributed by atoms with Crippen LogP contribution in [0.4, 0.5) is 13.2 Å². The predicted molar refractivity (Wildman–Crippen MR) is 59.0 cm³/mol. The zero-order valence-electron chi connectivity index (χ0n) is 10.7.